The first-order valence-corrected chi connectivity index (χ1v) is 7.98. The monoisotopic (exact) mass is 338 g/mol. The van der Waals surface area contributed by atoms with Crippen molar-refractivity contribution in [3.8, 4) is 0 Å². The van der Waals surface area contributed by atoms with Crippen LogP contribution in [0.2, 0.25) is 0 Å². The van der Waals surface area contributed by atoms with Gasteiger partial charge in [-0.1, -0.05) is 10.5 Å². The van der Waals surface area contributed by atoms with Gasteiger partial charge in [0, 0.05) is 18.3 Å². The van der Waals surface area contributed by atoms with E-state index in [9.17, 15) is 17.6 Å². The van der Waals surface area contributed by atoms with Gasteiger partial charge in [0.15, 0.2) is 0 Å². The zero-order valence-electron chi connectivity index (χ0n) is 12.5. The number of benzene rings is 2. The summed E-state index contributed by atoms with van der Waals surface area (Å²) in [6.45, 7) is 0. The summed E-state index contributed by atoms with van der Waals surface area (Å²) in [6.07, 6.45) is 0. The van der Waals surface area contributed by atoms with E-state index in [4.69, 9.17) is 0 Å². The lowest BCUT2D eigenvalue weighted by Crippen LogP contribution is -2.25. The van der Waals surface area contributed by atoms with Gasteiger partial charge in [0.1, 0.15) is 5.82 Å². The zero-order chi connectivity index (χ0) is 17.0. The van der Waals surface area contributed by atoms with Crippen molar-refractivity contribution in [2.75, 3.05) is 19.5 Å². The van der Waals surface area contributed by atoms with Crippen molar-refractivity contribution in [2.24, 2.45) is 0 Å². The van der Waals surface area contributed by atoms with E-state index in [0.717, 1.165) is 4.47 Å². The Labute approximate surface area is 133 Å². The van der Waals surface area contributed by atoms with E-state index in [0.29, 0.717) is 5.69 Å². The number of nitrogens with zero attached hydrogens (tertiary/aromatic N) is 1. The number of amides is 1. The van der Waals surface area contributed by atoms with Crippen LogP contribution < -0.4 is 5.32 Å². The summed E-state index contributed by atoms with van der Waals surface area (Å²) in [6, 6.07) is 10.8. The van der Waals surface area contributed by atoms with Crippen LogP contribution >= 0.6 is 0 Å². The van der Waals surface area contributed by atoms with E-state index in [1.807, 2.05) is 0 Å². The highest BCUT2D eigenvalue weighted by atomic mass is 32.2. The van der Waals surface area contributed by atoms with Gasteiger partial charge in [0.05, 0.1) is 12.0 Å². The molecule has 8 heteroatoms. The Bertz CT molecular complexity index is 806. The molecular formula is C15H15FN2O4S. The first-order chi connectivity index (χ1) is 10.8. The topological polar surface area (TPSA) is 75.7 Å². The van der Waals surface area contributed by atoms with Crippen molar-refractivity contribution in [1.29, 1.82) is 0 Å². The molecule has 0 aromatic heterocycles. The Balaban J connectivity index is 2.18. The van der Waals surface area contributed by atoms with E-state index in [-0.39, 0.29) is 10.5 Å². The van der Waals surface area contributed by atoms with Crippen LogP contribution in [0.5, 0.6) is 0 Å². The molecular weight excluding hydrogens is 323 g/mol. The number of rotatable bonds is 5. The van der Waals surface area contributed by atoms with Crippen molar-refractivity contribution < 1.29 is 22.4 Å². The SMILES string of the molecule is CON(C)S(=O)(=O)c1ccc(C(=O)Nc2cccc(F)c2)cc1. The Morgan fingerprint density at radius 1 is 1.17 bits per heavy atom. The van der Waals surface area contributed by atoms with Gasteiger partial charge >= 0.3 is 0 Å². The van der Waals surface area contributed by atoms with Crippen LogP contribution in [0.4, 0.5) is 10.1 Å². The molecule has 1 amide bonds. The fourth-order valence-corrected chi connectivity index (χ4v) is 2.77. The van der Waals surface area contributed by atoms with Gasteiger partial charge in [0.25, 0.3) is 15.9 Å². The minimum Gasteiger partial charge on any atom is -0.322 e. The van der Waals surface area contributed by atoms with Gasteiger partial charge in [-0.05, 0) is 42.5 Å². The molecule has 2 aromatic rings. The van der Waals surface area contributed by atoms with Crippen molar-refractivity contribution in [2.45, 2.75) is 4.90 Å². The molecule has 0 aliphatic heterocycles. The number of halogens is 1. The van der Waals surface area contributed by atoms with Gasteiger partial charge in [-0.15, -0.1) is 0 Å². The predicted molar refractivity (Wildman–Crippen MR) is 82.8 cm³/mol. The summed E-state index contributed by atoms with van der Waals surface area (Å²) < 4.78 is 37.9. The van der Waals surface area contributed by atoms with E-state index in [1.54, 1.807) is 6.07 Å². The summed E-state index contributed by atoms with van der Waals surface area (Å²) in [5.41, 5.74) is 0.555. The molecule has 2 aromatic carbocycles. The van der Waals surface area contributed by atoms with Crippen LogP contribution in [-0.4, -0.2) is 33.0 Å². The minimum atomic E-state index is -3.77. The van der Waals surface area contributed by atoms with E-state index in [2.05, 4.69) is 10.2 Å². The number of carbonyl (C=O) groups excluding carboxylic acids is 1. The summed E-state index contributed by atoms with van der Waals surface area (Å²) in [5, 5.41) is 2.53. The van der Waals surface area contributed by atoms with Crippen molar-refractivity contribution in [1.82, 2.24) is 4.47 Å². The van der Waals surface area contributed by atoms with Gasteiger partial charge in [-0.2, -0.15) is 0 Å². The molecule has 122 valence electrons. The van der Waals surface area contributed by atoms with E-state index >= 15 is 0 Å². The maximum absolute atomic E-state index is 13.1. The standard InChI is InChI=1S/C15H15FN2O4S/c1-18(22-2)23(20,21)14-8-6-11(7-9-14)15(19)17-13-5-3-4-12(16)10-13/h3-10H,1-2H3,(H,17,19). The fraction of sp³-hybridized carbons (Fsp3) is 0.133. The lowest BCUT2D eigenvalue weighted by molar-refractivity contribution is -0.0258. The summed E-state index contributed by atoms with van der Waals surface area (Å²) in [5.74, 6) is -0.938. The lowest BCUT2D eigenvalue weighted by Gasteiger charge is -2.14. The number of hydrogen-bond acceptors (Lipinski definition) is 4. The lowest BCUT2D eigenvalue weighted by atomic mass is 10.2. The van der Waals surface area contributed by atoms with E-state index < -0.39 is 21.7 Å². The van der Waals surface area contributed by atoms with Crippen molar-refractivity contribution in [3.05, 3.63) is 59.9 Å². The average Bonchev–Trinajstić information content (AvgIpc) is 2.54. The summed E-state index contributed by atoms with van der Waals surface area (Å²) in [7, 11) is -1.27. The molecule has 0 aliphatic rings. The number of hydroxylamine groups is 1. The van der Waals surface area contributed by atoms with Crippen LogP contribution in [0, 0.1) is 5.82 Å². The molecule has 0 heterocycles. The Hall–Kier alpha value is -2.29. The Morgan fingerprint density at radius 3 is 2.39 bits per heavy atom. The molecule has 6 nitrogen and oxygen atoms in total. The molecule has 0 unspecified atom stereocenters. The number of sulfonamides is 1. The van der Waals surface area contributed by atoms with Gasteiger partial charge < -0.3 is 5.32 Å². The van der Waals surface area contributed by atoms with Crippen molar-refractivity contribution >= 4 is 21.6 Å². The first kappa shape index (κ1) is 17.1. The van der Waals surface area contributed by atoms with Gasteiger partial charge in [0.2, 0.25) is 0 Å². The highest BCUT2D eigenvalue weighted by Crippen LogP contribution is 2.16. The quantitative estimate of drug-likeness (QED) is 0.849. The number of anilines is 1. The Morgan fingerprint density at radius 2 is 1.83 bits per heavy atom. The fourth-order valence-electron chi connectivity index (χ4n) is 1.79. The zero-order valence-corrected chi connectivity index (χ0v) is 13.3. The molecule has 0 fully saturated rings. The second kappa shape index (κ2) is 6.86. The number of hydrogen-bond donors (Lipinski definition) is 1. The second-order valence-electron chi connectivity index (χ2n) is 4.59. The molecule has 23 heavy (non-hydrogen) atoms. The maximum Gasteiger partial charge on any atom is 0.264 e. The molecule has 0 saturated heterocycles. The summed E-state index contributed by atoms with van der Waals surface area (Å²) in [4.78, 5) is 16.7. The highest BCUT2D eigenvalue weighted by Gasteiger charge is 2.20. The van der Waals surface area contributed by atoms with Gasteiger partial charge in [-0.25, -0.2) is 12.8 Å². The molecule has 0 spiro atoms. The Kier molecular flexibility index (Phi) is 5.09. The number of carbonyl (C=O) groups is 1. The van der Waals surface area contributed by atoms with Crippen molar-refractivity contribution in [3.63, 3.8) is 0 Å². The first-order valence-electron chi connectivity index (χ1n) is 6.54. The maximum atomic E-state index is 13.1. The third kappa shape index (κ3) is 3.92. The molecule has 0 radical (unpaired) electrons. The van der Waals surface area contributed by atoms with Crippen LogP contribution in [0.1, 0.15) is 10.4 Å². The average molecular weight is 338 g/mol. The molecule has 1 N–H and O–H groups in total. The third-order valence-electron chi connectivity index (χ3n) is 3.09. The normalized spacial score (nSPS) is 11.5. The molecule has 0 aliphatic carbocycles. The second-order valence-corrected chi connectivity index (χ2v) is 6.52. The van der Waals surface area contributed by atoms with Crippen LogP contribution in [0.25, 0.3) is 0 Å². The highest BCUT2D eigenvalue weighted by molar-refractivity contribution is 7.89. The molecule has 0 bridgehead atoms. The number of nitrogens with one attached hydrogen (secondary N) is 1. The van der Waals surface area contributed by atoms with E-state index in [1.165, 1.54) is 56.6 Å². The van der Waals surface area contributed by atoms with Crippen LogP contribution in [0.15, 0.2) is 53.4 Å². The van der Waals surface area contributed by atoms with Crippen LogP contribution in [0.3, 0.4) is 0 Å². The molecule has 2 rings (SSSR count). The minimum absolute atomic E-state index is 0.0100. The largest absolute Gasteiger partial charge is 0.322 e. The smallest absolute Gasteiger partial charge is 0.264 e. The molecule has 0 saturated carbocycles. The molecule has 0 atom stereocenters. The van der Waals surface area contributed by atoms with Gasteiger partial charge in [-0.3, -0.25) is 9.63 Å². The summed E-state index contributed by atoms with van der Waals surface area (Å²) >= 11 is 0. The van der Waals surface area contributed by atoms with Crippen LogP contribution in [-0.2, 0) is 14.9 Å². The predicted octanol–water partition coefficient (Wildman–Crippen LogP) is 2.26. The third-order valence-corrected chi connectivity index (χ3v) is 4.79.